The first-order chi connectivity index (χ1) is 6.70. The smallest absolute Gasteiger partial charge is 0.129 e. The standard InChI is InChI=1S/C10H19N3O/c1-5-6-11-10-9(7-14-4)8(2)12-13(10)3/h11H,5-7H2,1-4H3. The fraction of sp³-hybridized carbons (Fsp3) is 0.700. The number of aryl methyl sites for hydroxylation is 2. The van der Waals surface area contributed by atoms with E-state index in [1.54, 1.807) is 7.11 Å². The van der Waals surface area contributed by atoms with Crippen molar-refractivity contribution in [1.29, 1.82) is 0 Å². The van der Waals surface area contributed by atoms with Gasteiger partial charge in [0.15, 0.2) is 0 Å². The molecule has 0 bridgehead atoms. The Morgan fingerprint density at radius 3 is 2.79 bits per heavy atom. The van der Waals surface area contributed by atoms with E-state index in [-0.39, 0.29) is 0 Å². The highest BCUT2D eigenvalue weighted by molar-refractivity contribution is 5.47. The van der Waals surface area contributed by atoms with Crippen LogP contribution in [0.2, 0.25) is 0 Å². The Morgan fingerprint density at radius 2 is 2.21 bits per heavy atom. The summed E-state index contributed by atoms with van der Waals surface area (Å²) in [6.07, 6.45) is 1.11. The lowest BCUT2D eigenvalue weighted by Gasteiger charge is -2.07. The van der Waals surface area contributed by atoms with Gasteiger partial charge in [-0.05, 0) is 13.3 Å². The highest BCUT2D eigenvalue weighted by atomic mass is 16.5. The van der Waals surface area contributed by atoms with E-state index in [0.717, 1.165) is 30.0 Å². The number of nitrogens with one attached hydrogen (secondary N) is 1. The Bertz CT molecular complexity index is 294. The number of hydrogen-bond donors (Lipinski definition) is 1. The first-order valence-corrected chi connectivity index (χ1v) is 4.96. The molecule has 1 heterocycles. The zero-order valence-electron chi connectivity index (χ0n) is 9.42. The molecule has 80 valence electrons. The molecule has 1 aromatic heterocycles. The molecule has 0 fully saturated rings. The molecular weight excluding hydrogens is 178 g/mol. The Morgan fingerprint density at radius 1 is 1.50 bits per heavy atom. The van der Waals surface area contributed by atoms with Crippen LogP contribution in [0.4, 0.5) is 5.82 Å². The monoisotopic (exact) mass is 197 g/mol. The maximum atomic E-state index is 5.15. The van der Waals surface area contributed by atoms with Gasteiger partial charge in [0.25, 0.3) is 0 Å². The van der Waals surface area contributed by atoms with Crippen LogP contribution in [-0.2, 0) is 18.4 Å². The normalized spacial score (nSPS) is 10.6. The third-order valence-electron chi connectivity index (χ3n) is 2.18. The van der Waals surface area contributed by atoms with Crippen molar-refractivity contribution >= 4 is 5.82 Å². The van der Waals surface area contributed by atoms with Gasteiger partial charge < -0.3 is 10.1 Å². The second-order valence-corrected chi connectivity index (χ2v) is 3.40. The molecule has 0 aliphatic heterocycles. The lowest BCUT2D eigenvalue weighted by molar-refractivity contribution is 0.185. The first kappa shape index (κ1) is 11.0. The van der Waals surface area contributed by atoms with Gasteiger partial charge >= 0.3 is 0 Å². The molecule has 4 nitrogen and oxygen atoms in total. The molecule has 0 radical (unpaired) electrons. The van der Waals surface area contributed by atoms with E-state index in [4.69, 9.17) is 4.74 Å². The summed E-state index contributed by atoms with van der Waals surface area (Å²) in [5, 5.41) is 7.71. The van der Waals surface area contributed by atoms with Gasteiger partial charge in [0.05, 0.1) is 12.3 Å². The Kier molecular flexibility index (Phi) is 3.95. The number of rotatable bonds is 5. The van der Waals surface area contributed by atoms with Gasteiger partial charge in [-0.25, -0.2) is 0 Å². The highest BCUT2D eigenvalue weighted by Crippen LogP contribution is 2.19. The summed E-state index contributed by atoms with van der Waals surface area (Å²) >= 11 is 0. The molecule has 0 saturated carbocycles. The topological polar surface area (TPSA) is 39.1 Å². The number of nitrogens with zero attached hydrogens (tertiary/aromatic N) is 2. The maximum absolute atomic E-state index is 5.15. The molecule has 0 saturated heterocycles. The van der Waals surface area contributed by atoms with Gasteiger partial charge in [0.1, 0.15) is 5.82 Å². The Labute approximate surface area is 85.3 Å². The van der Waals surface area contributed by atoms with Gasteiger partial charge in [-0.15, -0.1) is 0 Å². The molecular formula is C10H19N3O. The van der Waals surface area contributed by atoms with Crippen molar-refractivity contribution in [2.75, 3.05) is 19.0 Å². The zero-order chi connectivity index (χ0) is 10.6. The lowest BCUT2D eigenvalue weighted by Crippen LogP contribution is -2.07. The van der Waals surface area contributed by atoms with E-state index < -0.39 is 0 Å². The van der Waals surface area contributed by atoms with Gasteiger partial charge in [-0.1, -0.05) is 6.92 Å². The molecule has 0 unspecified atom stereocenters. The van der Waals surface area contributed by atoms with Crippen molar-refractivity contribution in [3.8, 4) is 0 Å². The van der Waals surface area contributed by atoms with Crippen LogP contribution in [0, 0.1) is 6.92 Å². The molecule has 0 aliphatic rings. The molecule has 1 aromatic rings. The summed E-state index contributed by atoms with van der Waals surface area (Å²) in [4.78, 5) is 0. The van der Waals surface area contributed by atoms with Crippen molar-refractivity contribution in [2.45, 2.75) is 26.9 Å². The molecule has 4 heteroatoms. The quantitative estimate of drug-likeness (QED) is 0.780. The largest absolute Gasteiger partial charge is 0.380 e. The molecule has 1 N–H and O–H groups in total. The number of aromatic nitrogens is 2. The molecule has 0 aromatic carbocycles. The number of hydrogen-bond acceptors (Lipinski definition) is 3. The summed E-state index contributed by atoms with van der Waals surface area (Å²) in [5.41, 5.74) is 2.19. The van der Waals surface area contributed by atoms with E-state index in [9.17, 15) is 0 Å². The zero-order valence-corrected chi connectivity index (χ0v) is 9.42. The second-order valence-electron chi connectivity index (χ2n) is 3.40. The average molecular weight is 197 g/mol. The summed E-state index contributed by atoms with van der Waals surface area (Å²) in [6, 6.07) is 0. The van der Waals surface area contributed by atoms with E-state index in [1.165, 1.54) is 0 Å². The Hall–Kier alpha value is -1.03. The number of methoxy groups -OCH3 is 1. The van der Waals surface area contributed by atoms with Gasteiger partial charge in [-0.3, -0.25) is 4.68 Å². The minimum atomic E-state index is 0.617. The van der Waals surface area contributed by atoms with Crippen LogP contribution in [0.3, 0.4) is 0 Å². The maximum Gasteiger partial charge on any atom is 0.129 e. The Balaban J connectivity index is 2.86. The SMILES string of the molecule is CCCNc1c(COC)c(C)nn1C. The summed E-state index contributed by atoms with van der Waals surface area (Å²) in [5.74, 6) is 1.08. The fourth-order valence-corrected chi connectivity index (χ4v) is 1.48. The van der Waals surface area contributed by atoms with E-state index in [0.29, 0.717) is 6.61 Å². The van der Waals surface area contributed by atoms with Crippen molar-refractivity contribution < 1.29 is 4.74 Å². The second kappa shape index (κ2) is 5.00. The molecule has 0 atom stereocenters. The van der Waals surface area contributed by atoms with Crippen molar-refractivity contribution in [2.24, 2.45) is 7.05 Å². The summed E-state index contributed by atoms with van der Waals surface area (Å²) < 4.78 is 7.02. The van der Waals surface area contributed by atoms with Gasteiger partial charge in [-0.2, -0.15) is 5.10 Å². The van der Waals surface area contributed by atoms with Crippen LogP contribution in [0.1, 0.15) is 24.6 Å². The van der Waals surface area contributed by atoms with Crippen LogP contribution >= 0.6 is 0 Å². The third-order valence-corrected chi connectivity index (χ3v) is 2.18. The van der Waals surface area contributed by atoms with Crippen LogP contribution in [0.5, 0.6) is 0 Å². The number of anilines is 1. The van der Waals surface area contributed by atoms with Crippen molar-refractivity contribution in [3.63, 3.8) is 0 Å². The lowest BCUT2D eigenvalue weighted by atomic mass is 10.2. The predicted molar refractivity (Wildman–Crippen MR) is 57.4 cm³/mol. The van der Waals surface area contributed by atoms with Gasteiger partial charge in [0, 0.05) is 26.3 Å². The molecule has 0 aliphatic carbocycles. The average Bonchev–Trinajstić information content (AvgIpc) is 2.40. The first-order valence-electron chi connectivity index (χ1n) is 4.96. The molecule has 0 spiro atoms. The van der Waals surface area contributed by atoms with Gasteiger partial charge in [0.2, 0.25) is 0 Å². The molecule has 14 heavy (non-hydrogen) atoms. The molecule has 0 amide bonds. The number of ether oxygens (including phenoxy) is 1. The minimum Gasteiger partial charge on any atom is -0.380 e. The van der Waals surface area contributed by atoms with E-state index in [2.05, 4.69) is 17.3 Å². The van der Waals surface area contributed by atoms with Crippen LogP contribution < -0.4 is 5.32 Å². The van der Waals surface area contributed by atoms with E-state index >= 15 is 0 Å². The van der Waals surface area contributed by atoms with Crippen molar-refractivity contribution in [1.82, 2.24) is 9.78 Å². The highest BCUT2D eigenvalue weighted by Gasteiger charge is 2.11. The molecule has 1 rings (SSSR count). The predicted octanol–water partition coefficient (Wildman–Crippen LogP) is 1.70. The fourth-order valence-electron chi connectivity index (χ4n) is 1.48. The summed E-state index contributed by atoms with van der Waals surface area (Å²) in [6.45, 7) is 5.74. The van der Waals surface area contributed by atoms with Crippen LogP contribution in [-0.4, -0.2) is 23.4 Å². The van der Waals surface area contributed by atoms with E-state index in [1.807, 2.05) is 18.7 Å². The third kappa shape index (κ3) is 2.26. The minimum absolute atomic E-state index is 0.617. The summed E-state index contributed by atoms with van der Waals surface area (Å²) in [7, 11) is 3.65. The van der Waals surface area contributed by atoms with Crippen LogP contribution in [0.15, 0.2) is 0 Å². The van der Waals surface area contributed by atoms with Crippen LogP contribution in [0.25, 0.3) is 0 Å². The van der Waals surface area contributed by atoms with Crippen molar-refractivity contribution in [3.05, 3.63) is 11.3 Å².